The van der Waals surface area contributed by atoms with E-state index in [2.05, 4.69) is 16.7 Å². The van der Waals surface area contributed by atoms with E-state index in [1.54, 1.807) is 19.2 Å². The van der Waals surface area contributed by atoms with Gasteiger partial charge in [-0.3, -0.25) is 0 Å². The van der Waals surface area contributed by atoms with Crippen molar-refractivity contribution < 1.29 is 14.6 Å². The summed E-state index contributed by atoms with van der Waals surface area (Å²) in [4.78, 5) is 11.5. The molecule has 24 heavy (non-hydrogen) atoms. The van der Waals surface area contributed by atoms with Gasteiger partial charge >= 0.3 is 5.97 Å². The third-order valence-corrected chi connectivity index (χ3v) is 4.91. The van der Waals surface area contributed by atoms with E-state index in [4.69, 9.17) is 4.74 Å². The number of carboxylic acids is 1. The summed E-state index contributed by atoms with van der Waals surface area (Å²) in [6.45, 7) is 0.571. The van der Waals surface area contributed by atoms with Gasteiger partial charge in [-0.1, -0.05) is 18.2 Å². The highest BCUT2D eigenvalue weighted by Crippen LogP contribution is 2.35. The predicted octanol–water partition coefficient (Wildman–Crippen LogP) is 3.89. The van der Waals surface area contributed by atoms with E-state index in [9.17, 15) is 9.90 Å². The van der Waals surface area contributed by atoms with Gasteiger partial charge in [-0.2, -0.15) is 0 Å². The highest BCUT2D eigenvalue weighted by Gasteiger charge is 2.22. The van der Waals surface area contributed by atoms with Crippen LogP contribution in [0, 0.1) is 0 Å². The van der Waals surface area contributed by atoms with E-state index >= 15 is 0 Å². The third kappa shape index (κ3) is 2.26. The Labute approximate surface area is 140 Å². The summed E-state index contributed by atoms with van der Waals surface area (Å²) in [5, 5.41) is 10.7. The molecule has 0 amide bonds. The summed E-state index contributed by atoms with van der Waals surface area (Å²) in [7, 11) is 1.67. The normalized spacial score (nSPS) is 13.2. The first kappa shape index (κ1) is 14.8. The number of benzene rings is 2. The molecule has 1 aliphatic carbocycles. The molecule has 3 aromatic rings. The van der Waals surface area contributed by atoms with Gasteiger partial charge in [0.25, 0.3) is 0 Å². The zero-order valence-electron chi connectivity index (χ0n) is 13.6. The molecule has 1 aliphatic rings. The van der Waals surface area contributed by atoms with Crippen molar-refractivity contribution in [1.29, 1.82) is 0 Å². The number of hydrogen-bond acceptors (Lipinski definition) is 2. The average Bonchev–Trinajstić information content (AvgIpc) is 3.17. The molecule has 2 aromatic carbocycles. The second-order valence-electron chi connectivity index (χ2n) is 6.21. The summed E-state index contributed by atoms with van der Waals surface area (Å²) < 4.78 is 7.65. The lowest BCUT2D eigenvalue weighted by molar-refractivity contribution is 0.0695. The van der Waals surface area contributed by atoms with Crippen LogP contribution in [0.2, 0.25) is 0 Å². The minimum atomic E-state index is -0.878. The van der Waals surface area contributed by atoms with E-state index in [-0.39, 0.29) is 0 Å². The van der Waals surface area contributed by atoms with Crippen LogP contribution in [0.4, 0.5) is 0 Å². The van der Waals surface area contributed by atoms with Crippen molar-refractivity contribution in [2.45, 2.75) is 25.8 Å². The summed E-state index contributed by atoms with van der Waals surface area (Å²) in [6, 6.07) is 13.4. The average molecular weight is 321 g/mol. The smallest absolute Gasteiger partial charge is 0.336 e. The second kappa shape index (κ2) is 5.71. The maximum atomic E-state index is 11.5. The largest absolute Gasteiger partial charge is 0.497 e. The minimum absolute atomic E-state index is 0.369. The Morgan fingerprint density at radius 3 is 2.83 bits per heavy atom. The maximum absolute atomic E-state index is 11.5. The molecule has 4 rings (SSSR count). The number of carbonyl (C=O) groups is 1. The van der Waals surface area contributed by atoms with E-state index in [1.807, 2.05) is 18.2 Å². The monoisotopic (exact) mass is 321 g/mol. The first-order chi connectivity index (χ1) is 11.7. The number of ether oxygens (including phenoxy) is 1. The molecule has 1 aromatic heterocycles. The van der Waals surface area contributed by atoms with Gasteiger partial charge in [0.15, 0.2) is 0 Å². The van der Waals surface area contributed by atoms with E-state index in [0.717, 1.165) is 36.1 Å². The standard InChI is InChI=1S/C20H19NO3/c1-24-14-9-10-17-16-7-4-8-18(16)21(19(17)11-14)12-13-5-2-3-6-15(13)20(22)23/h2-3,5-6,9-11H,4,7-8,12H2,1H3,(H,22,23). The van der Waals surface area contributed by atoms with E-state index in [1.165, 1.54) is 16.6 Å². The zero-order valence-corrected chi connectivity index (χ0v) is 13.6. The molecule has 1 N–H and O–H groups in total. The topological polar surface area (TPSA) is 51.5 Å². The summed E-state index contributed by atoms with van der Waals surface area (Å²) in [6.07, 6.45) is 3.29. The van der Waals surface area contributed by atoms with Gasteiger partial charge in [0, 0.05) is 23.7 Å². The first-order valence-electron chi connectivity index (χ1n) is 8.18. The lowest BCUT2D eigenvalue weighted by Gasteiger charge is -2.12. The molecule has 0 bridgehead atoms. The summed E-state index contributed by atoms with van der Waals surface area (Å²) in [5.74, 6) is -0.0530. The maximum Gasteiger partial charge on any atom is 0.336 e. The van der Waals surface area contributed by atoms with Gasteiger partial charge < -0.3 is 14.4 Å². The van der Waals surface area contributed by atoms with Crippen LogP contribution >= 0.6 is 0 Å². The van der Waals surface area contributed by atoms with Crippen LogP contribution < -0.4 is 4.74 Å². The van der Waals surface area contributed by atoms with E-state index < -0.39 is 5.97 Å². The van der Waals surface area contributed by atoms with Crippen LogP contribution in [0.15, 0.2) is 42.5 Å². The number of fused-ring (bicyclic) bond motifs is 3. The Hall–Kier alpha value is -2.75. The SMILES string of the molecule is COc1ccc2c3c(n(Cc4ccccc4C(=O)O)c2c1)CCC3. The lowest BCUT2D eigenvalue weighted by atomic mass is 10.1. The zero-order chi connectivity index (χ0) is 16.7. The Bertz CT molecular complexity index is 939. The number of methoxy groups -OCH3 is 1. The fraction of sp³-hybridized carbons (Fsp3) is 0.250. The van der Waals surface area contributed by atoms with Gasteiger partial charge in [-0.05, 0) is 48.6 Å². The molecule has 0 saturated carbocycles. The molecule has 0 saturated heterocycles. The molecule has 0 aliphatic heterocycles. The van der Waals surface area contributed by atoms with Crippen molar-refractivity contribution in [2.24, 2.45) is 0 Å². The number of rotatable bonds is 4. The number of carboxylic acid groups (broad SMARTS) is 1. The van der Waals surface area contributed by atoms with Gasteiger partial charge in [0.2, 0.25) is 0 Å². The molecule has 0 fully saturated rings. The Kier molecular flexibility index (Phi) is 3.53. The summed E-state index contributed by atoms with van der Waals surface area (Å²) in [5.41, 5.74) is 5.06. The molecular formula is C20H19NO3. The fourth-order valence-electron chi connectivity index (χ4n) is 3.80. The van der Waals surface area contributed by atoms with Crippen LogP contribution in [0.3, 0.4) is 0 Å². The lowest BCUT2D eigenvalue weighted by Crippen LogP contribution is -2.09. The fourth-order valence-corrected chi connectivity index (χ4v) is 3.80. The van der Waals surface area contributed by atoms with Gasteiger partial charge in [-0.15, -0.1) is 0 Å². The first-order valence-corrected chi connectivity index (χ1v) is 8.18. The molecule has 4 nitrogen and oxygen atoms in total. The molecule has 0 unspecified atom stereocenters. The molecule has 1 heterocycles. The molecule has 0 atom stereocenters. The van der Waals surface area contributed by atoms with Crippen molar-refractivity contribution in [1.82, 2.24) is 4.57 Å². The Morgan fingerprint density at radius 1 is 1.21 bits per heavy atom. The van der Waals surface area contributed by atoms with Crippen molar-refractivity contribution in [3.05, 3.63) is 64.8 Å². The molecule has 0 radical (unpaired) electrons. The minimum Gasteiger partial charge on any atom is -0.497 e. The number of nitrogens with zero attached hydrogens (tertiary/aromatic N) is 1. The predicted molar refractivity (Wildman–Crippen MR) is 93.0 cm³/mol. The quantitative estimate of drug-likeness (QED) is 0.793. The molecular weight excluding hydrogens is 302 g/mol. The number of aromatic carboxylic acids is 1. The van der Waals surface area contributed by atoms with Crippen molar-refractivity contribution in [3.8, 4) is 5.75 Å². The second-order valence-corrected chi connectivity index (χ2v) is 6.21. The number of aryl methyl sites for hydroxylation is 1. The molecule has 4 heteroatoms. The Morgan fingerprint density at radius 2 is 2.04 bits per heavy atom. The summed E-state index contributed by atoms with van der Waals surface area (Å²) >= 11 is 0. The highest BCUT2D eigenvalue weighted by molar-refractivity contribution is 5.90. The van der Waals surface area contributed by atoms with Crippen LogP contribution in [-0.2, 0) is 19.4 Å². The van der Waals surface area contributed by atoms with Crippen LogP contribution in [0.5, 0.6) is 5.75 Å². The van der Waals surface area contributed by atoms with Crippen molar-refractivity contribution in [2.75, 3.05) is 7.11 Å². The van der Waals surface area contributed by atoms with Gasteiger partial charge in [-0.25, -0.2) is 4.79 Å². The van der Waals surface area contributed by atoms with Gasteiger partial charge in [0.1, 0.15) is 5.75 Å². The van der Waals surface area contributed by atoms with Crippen LogP contribution in [-0.4, -0.2) is 22.8 Å². The van der Waals surface area contributed by atoms with E-state index in [0.29, 0.717) is 12.1 Å². The van der Waals surface area contributed by atoms with Crippen molar-refractivity contribution in [3.63, 3.8) is 0 Å². The number of hydrogen-bond donors (Lipinski definition) is 1. The molecule has 0 spiro atoms. The Balaban J connectivity index is 1.89. The molecule has 122 valence electrons. The van der Waals surface area contributed by atoms with Gasteiger partial charge in [0.05, 0.1) is 18.2 Å². The van der Waals surface area contributed by atoms with Crippen molar-refractivity contribution >= 4 is 16.9 Å². The van der Waals surface area contributed by atoms with Crippen LogP contribution in [0.25, 0.3) is 10.9 Å². The highest BCUT2D eigenvalue weighted by atomic mass is 16.5. The van der Waals surface area contributed by atoms with Crippen LogP contribution in [0.1, 0.15) is 33.6 Å². The third-order valence-electron chi connectivity index (χ3n) is 4.91. The number of aromatic nitrogens is 1.